The van der Waals surface area contributed by atoms with Crippen molar-refractivity contribution in [3.05, 3.63) is 17.7 Å². The summed E-state index contributed by atoms with van der Waals surface area (Å²) in [7, 11) is 4.68. The Morgan fingerprint density at radius 1 is 1.06 bits per heavy atom. The summed E-state index contributed by atoms with van der Waals surface area (Å²) in [6.07, 6.45) is 2.83. The quantitative estimate of drug-likeness (QED) is 0.737. The fourth-order valence-corrected chi connectivity index (χ4v) is 1.48. The van der Waals surface area contributed by atoms with Crippen molar-refractivity contribution in [1.29, 1.82) is 0 Å². The van der Waals surface area contributed by atoms with Crippen molar-refractivity contribution < 1.29 is 19.0 Å². The molecule has 0 amide bonds. The van der Waals surface area contributed by atoms with Gasteiger partial charge >= 0.3 is 0 Å². The molecule has 0 heterocycles. The molecule has 1 aromatic rings. The van der Waals surface area contributed by atoms with Crippen molar-refractivity contribution in [1.82, 2.24) is 0 Å². The summed E-state index contributed by atoms with van der Waals surface area (Å²) in [6, 6.07) is 3.66. The standard InChI is InChI=1S/C12H15O4/c1-14-10-7-9(5-4-6-13)8-11(15-2)12(10)16-3/h7-8H,4-5H2,1-3H3. The molecule has 0 N–H and O–H groups in total. The predicted molar refractivity (Wildman–Crippen MR) is 60.1 cm³/mol. The highest BCUT2D eigenvalue weighted by Gasteiger charge is 2.12. The van der Waals surface area contributed by atoms with Gasteiger partial charge in [-0.25, -0.2) is 0 Å². The predicted octanol–water partition coefficient (Wildman–Crippen LogP) is 1.75. The SMILES string of the molecule is COc1cc(CC[C]=O)cc(OC)c1OC. The largest absolute Gasteiger partial charge is 0.493 e. The van der Waals surface area contributed by atoms with E-state index in [1.807, 2.05) is 18.4 Å². The molecule has 0 aromatic heterocycles. The molecule has 4 nitrogen and oxygen atoms in total. The Balaban J connectivity index is 3.09. The highest BCUT2D eigenvalue weighted by Crippen LogP contribution is 2.38. The van der Waals surface area contributed by atoms with Crippen LogP contribution in [0.5, 0.6) is 17.2 Å². The molecule has 87 valence electrons. The highest BCUT2D eigenvalue weighted by atomic mass is 16.5. The minimum absolute atomic E-state index is 0.360. The Labute approximate surface area is 95.1 Å². The van der Waals surface area contributed by atoms with E-state index in [1.54, 1.807) is 21.3 Å². The van der Waals surface area contributed by atoms with Gasteiger partial charge < -0.3 is 14.2 Å². The van der Waals surface area contributed by atoms with Gasteiger partial charge in [0.25, 0.3) is 0 Å². The average Bonchev–Trinajstić information content (AvgIpc) is 2.34. The normalized spacial score (nSPS) is 9.69. The van der Waals surface area contributed by atoms with Gasteiger partial charge in [0.2, 0.25) is 5.75 Å². The molecular formula is C12H15O4. The summed E-state index contributed by atoms with van der Waals surface area (Å²) in [5, 5.41) is 0. The second-order valence-corrected chi connectivity index (χ2v) is 3.18. The zero-order valence-corrected chi connectivity index (χ0v) is 9.70. The van der Waals surface area contributed by atoms with Crippen molar-refractivity contribution in [3.63, 3.8) is 0 Å². The summed E-state index contributed by atoms with van der Waals surface area (Å²) in [6.45, 7) is 0. The molecule has 0 unspecified atom stereocenters. The molecular weight excluding hydrogens is 208 g/mol. The maximum atomic E-state index is 10.2. The molecule has 0 saturated heterocycles. The summed E-state index contributed by atoms with van der Waals surface area (Å²) in [5.41, 5.74) is 0.956. The van der Waals surface area contributed by atoms with Crippen molar-refractivity contribution in [2.24, 2.45) is 0 Å². The van der Waals surface area contributed by atoms with Crippen LogP contribution in [0, 0.1) is 0 Å². The van der Waals surface area contributed by atoms with Crippen LogP contribution < -0.4 is 14.2 Å². The van der Waals surface area contributed by atoms with Crippen LogP contribution in [0.4, 0.5) is 0 Å². The topological polar surface area (TPSA) is 44.8 Å². The van der Waals surface area contributed by atoms with Crippen LogP contribution in [0.25, 0.3) is 0 Å². The van der Waals surface area contributed by atoms with Crippen molar-refractivity contribution in [2.45, 2.75) is 12.8 Å². The lowest BCUT2D eigenvalue weighted by molar-refractivity contribution is 0.324. The lowest BCUT2D eigenvalue weighted by atomic mass is 10.1. The molecule has 0 saturated carbocycles. The minimum atomic E-state index is 0.360. The molecule has 1 aromatic carbocycles. The Morgan fingerprint density at radius 2 is 1.62 bits per heavy atom. The lowest BCUT2D eigenvalue weighted by Gasteiger charge is -2.13. The summed E-state index contributed by atoms with van der Waals surface area (Å²) in [4.78, 5) is 10.2. The smallest absolute Gasteiger partial charge is 0.203 e. The van der Waals surface area contributed by atoms with E-state index in [0.29, 0.717) is 30.1 Å². The number of aryl methyl sites for hydroxylation is 1. The van der Waals surface area contributed by atoms with Crippen LogP contribution >= 0.6 is 0 Å². The van der Waals surface area contributed by atoms with Crippen molar-refractivity contribution in [2.75, 3.05) is 21.3 Å². The van der Waals surface area contributed by atoms with Gasteiger partial charge in [-0.15, -0.1) is 0 Å². The molecule has 0 spiro atoms. The number of benzene rings is 1. The van der Waals surface area contributed by atoms with Gasteiger partial charge in [-0.05, 0) is 24.1 Å². The third-order valence-electron chi connectivity index (χ3n) is 2.24. The molecule has 16 heavy (non-hydrogen) atoms. The van der Waals surface area contributed by atoms with E-state index in [0.717, 1.165) is 5.56 Å². The van der Waals surface area contributed by atoms with Crippen LogP contribution in [-0.2, 0) is 11.2 Å². The second kappa shape index (κ2) is 6.00. The Morgan fingerprint density at radius 3 is 2.00 bits per heavy atom. The van der Waals surface area contributed by atoms with E-state index in [9.17, 15) is 4.79 Å². The third kappa shape index (κ3) is 2.66. The molecule has 0 fully saturated rings. The third-order valence-corrected chi connectivity index (χ3v) is 2.24. The van der Waals surface area contributed by atoms with Crippen LogP contribution in [0.15, 0.2) is 12.1 Å². The molecule has 0 aliphatic carbocycles. The first-order valence-electron chi connectivity index (χ1n) is 4.90. The second-order valence-electron chi connectivity index (χ2n) is 3.18. The molecule has 4 heteroatoms. The van der Waals surface area contributed by atoms with Gasteiger partial charge in [0.05, 0.1) is 21.3 Å². The van der Waals surface area contributed by atoms with Crippen LogP contribution in [0.2, 0.25) is 0 Å². The number of carbonyl (C=O) groups excluding carboxylic acids is 1. The van der Waals surface area contributed by atoms with E-state index in [-0.39, 0.29) is 0 Å². The Kier molecular flexibility index (Phi) is 4.64. The molecule has 1 rings (SSSR count). The maximum absolute atomic E-state index is 10.2. The first-order valence-corrected chi connectivity index (χ1v) is 4.90. The number of hydrogen-bond donors (Lipinski definition) is 0. The van der Waals surface area contributed by atoms with Crippen LogP contribution in [0.3, 0.4) is 0 Å². The summed E-state index contributed by atoms with van der Waals surface area (Å²) < 4.78 is 15.6. The van der Waals surface area contributed by atoms with Gasteiger partial charge in [-0.3, -0.25) is 4.79 Å². The Hall–Kier alpha value is -1.71. The van der Waals surface area contributed by atoms with E-state index in [4.69, 9.17) is 14.2 Å². The van der Waals surface area contributed by atoms with Gasteiger partial charge in [0, 0.05) is 6.42 Å². The molecule has 0 aliphatic heterocycles. The Bertz CT molecular complexity index is 335. The summed E-state index contributed by atoms with van der Waals surface area (Å²) >= 11 is 0. The van der Waals surface area contributed by atoms with Crippen LogP contribution in [0.1, 0.15) is 12.0 Å². The van der Waals surface area contributed by atoms with E-state index >= 15 is 0 Å². The average molecular weight is 223 g/mol. The fourth-order valence-electron chi connectivity index (χ4n) is 1.48. The van der Waals surface area contributed by atoms with Gasteiger partial charge in [-0.1, -0.05) is 0 Å². The molecule has 0 aliphatic rings. The lowest BCUT2D eigenvalue weighted by Crippen LogP contribution is -1.97. The zero-order valence-electron chi connectivity index (χ0n) is 9.70. The highest BCUT2D eigenvalue weighted by molar-refractivity contribution is 5.55. The van der Waals surface area contributed by atoms with E-state index in [2.05, 4.69) is 0 Å². The minimum Gasteiger partial charge on any atom is -0.493 e. The number of ether oxygens (including phenoxy) is 3. The maximum Gasteiger partial charge on any atom is 0.203 e. The zero-order chi connectivity index (χ0) is 12.0. The molecule has 1 radical (unpaired) electrons. The number of rotatable bonds is 6. The fraction of sp³-hybridized carbons (Fsp3) is 0.417. The van der Waals surface area contributed by atoms with Crippen molar-refractivity contribution in [3.8, 4) is 17.2 Å². The van der Waals surface area contributed by atoms with Gasteiger partial charge in [0.1, 0.15) is 0 Å². The molecule has 0 atom stereocenters. The van der Waals surface area contributed by atoms with Crippen LogP contribution in [-0.4, -0.2) is 27.6 Å². The number of methoxy groups -OCH3 is 3. The van der Waals surface area contributed by atoms with E-state index in [1.165, 1.54) is 0 Å². The summed E-state index contributed by atoms with van der Waals surface area (Å²) in [5.74, 6) is 1.76. The van der Waals surface area contributed by atoms with Crippen molar-refractivity contribution >= 4 is 6.29 Å². The monoisotopic (exact) mass is 223 g/mol. The van der Waals surface area contributed by atoms with Gasteiger partial charge in [0.15, 0.2) is 17.8 Å². The first kappa shape index (κ1) is 12.4. The molecule has 0 bridgehead atoms. The first-order chi connectivity index (χ1) is 7.76. The number of hydrogen-bond acceptors (Lipinski definition) is 4. The van der Waals surface area contributed by atoms with E-state index < -0.39 is 0 Å². The van der Waals surface area contributed by atoms with Gasteiger partial charge in [-0.2, -0.15) is 0 Å².